The molecular weight excluding hydrogens is 304 g/mol. The number of aryl methyl sites for hydroxylation is 1. The Morgan fingerprint density at radius 3 is 2.83 bits per heavy atom. The molecule has 2 saturated heterocycles. The van der Waals surface area contributed by atoms with Gasteiger partial charge in [0.2, 0.25) is 0 Å². The molecule has 4 nitrogen and oxygen atoms in total. The summed E-state index contributed by atoms with van der Waals surface area (Å²) in [6, 6.07) is 2.08. The summed E-state index contributed by atoms with van der Waals surface area (Å²) in [5.41, 5.74) is 2.72. The van der Waals surface area contributed by atoms with Gasteiger partial charge in [-0.1, -0.05) is 17.7 Å². The Morgan fingerprint density at radius 1 is 1.33 bits per heavy atom. The first-order valence-corrected chi connectivity index (χ1v) is 8.70. The molecule has 0 unspecified atom stereocenters. The van der Waals surface area contributed by atoms with Gasteiger partial charge in [0.1, 0.15) is 23.7 Å². The molecule has 0 spiro atoms. The van der Waals surface area contributed by atoms with Crippen LogP contribution in [0.3, 0.4) is 0 Å². The van der Waals surface area contributed by atoms with Crippen molar-refractivity contribution in [2.45, 2.75) is 64.3 Å². The van der Waals surface area contributed by atoms with Crippen LogP contribution < -0.4 is 0 Å². The Labute approximate surface area is 142 Å². The van der Waals surface area contributed by atoms with E-state index in [1.807, 2.05) is 19.9 Å². The highest BCUT2D eigenvalue weighted by molar-refractivity contribution is 5.86. The van der Waals surface area contributed by atoms with Crippen molar-refractivity contribution in [3.05, 3.63) is 40.9 Å². The quantitative estimate of drug-likeness (QED) is 0.445. The number of carbonyl (C=O) groups excluding carboxylic acids is 1. The van der Waals surface area contributed by atoms with E-state index in [9.17, 15) is 4.79 Å². The van der Waals surface area contributed by atoms with Crippen LogP contribution in [0.5, 0.6) is 0 Å². The van der Waals surface area contributed by atoms with Crippen LogP contribution in [0.15, 0.2) is 28.2 Å². The fourth-order valence-electron chi connectivity index (χ4n) is 4.06. The molecule has 4 heterocycles. The van der Waals surface area contributed by atoms with Crippen LogP contribution in [-0.2, 0) is 20.7 Å². The van der Waals surface area contributed by atoms with E-state index in [-0.39, 0.29) is 24.1 Å². The fraction of sp³-hybridized carbons (Fsp3) is 0.550. The number of hydrogen-bond acceptors (Lipinski definition) is 4. The van der Waals surface area contributed by atoms with E-state index in [1.165, 1.54) is 5.56 Å². The first kappa shape index (κ1) is 15.7. The second-order valence-corrected chi connectivity index (χ2v) is 7.61. The molecule has 1 aromatic rings. The average Bonchev–Trinajstić information content (AvgIpc) is 3.06. The zero-order valence-corrected chi connectivity index (χ0v) is 14.6. The number of carbonyl (C=O) groups is 1. The lowest BCUT2D eigenvalue weighted by atomic mass is 9.86. The molecule has 4 rings (SSSR count). The largest absolute Gasteiger partial charge is 0.461 e. The van der Waals surface area contributed by atoms with Crippen LogP contribution in [0, 0.1) is 12.8 Å². The summed E-state index contributed by atoms with van der Waals surface area (Å²) in [6.45, 7) is 10.3. The van der Waals surface area contributed by atoms with Crippen molar-refractivity contribution in [2.24, 2.45) is 5.92 Å². The zero-order chi connectivity index (χ0) is 17.1. The SMILES string of the molecule is C=C(C)[C@H]1CC[C@@]23O[C@@H]2[C@@H](C/C(C)=C\c2cc(C)c(o2)C1)OC3=O. The summed E-state index contributed by atoms with van der Waals surface area (Å²) < 4.78 is 17.5. The summed E-state index contributed by atoms with van der Waals surface area (Å²) in [6.07, 6.45) is 4.83. The van der Waals surface area contributed by atoms with Gasteiger partial charge >= 0.3 is 5.97 Å². The molecule has 3 aliphatic heterocycles. The van der Waals surface area contributed by atoms with Crippen LogP contribution in [0.25, 0.3) is 6.08 Å². The van der Waals surface area contributed by atoms with Crippen molar-refractivity contribution in [2.75, 3.05) is 0 Å². The van der Waals surface area contributed by atoms with E-state index in [4.69, 9.17) is 13.9 Å². The van der Waals surface area contributed by atoms with E-state index >= 15 is 0 Å². The molecular formula is C20H24O4. The van der Waals surface area contributed by atoms with Crippen LogP contribution in [0.2, 0.25) is 0 Å². The minimum Gasteiger partial charge on any atom is -0.461 e. The highest BCUT2D eigenvalue weighted by atomic mass is 16.7. The van der Waals surface area contributed by atoms with Gasteiger partial charge in [0.25, 0.3) is 0 Å². The topological polar surface area (TPSA) is 52.0 Å². The Kier molecular flexibility index (Phi) is 3.50. The monoisotopic (exact) mass is 328 g/mol. The van der Waals surface area contributed by atoms with Gasteiger partial charge in [-0.05, 0) is 57.2 Å². The predicted molar refractivity (Wildman–Crippen MR) is 90.4 cm³/mol. The second kappa shape index (κ2) is 5.35. The van der Waals surface area contributed by atoms with Gasteiger partial charge in [-0.25, -0.2) is 4.79 Å². The van der Waals surface area contributed by atoms with Crippen molar-refractivity contribution in [3.63, 3.8) is 0 Å². The summed E-state index contributed by atoms with van der Waals surface area (Å²) in [7, 11) is 0. The smallest absolute Gasteiger partial charge is 0.341 e. The molecule has 4 heteroatoms. The van der Waals surface area contributed by atoms with Gasteiger partial charge in [-0.3, -0.25) is 0 Å². The second-order valence-electron chi connectivity index (χ2n) is 7.61. The van der Waals surface area contributed by atoms with E-state index in [0.29, 0.717) is 12.8 Å². The summed E-state index contributed by atoms with van der Waals surface area (Å²) in [5.74, 6) is 1.98. The Morgan fingerprint density at radius 2 is 2.12 bits per heavy atom. The number of fused-ring (bicyclic) bond motifs is 2. The van der Waals surface area contributed by atoms with E-state index in [2.05, 4.69) is 19.6 Å². The maximum Gasteiger partial charge on any atom is 0.341 e. The molecule has 0 N–H and O–H groups in total. The standard InChI is InChI=1S/C20H24O4/c1-11(2)14-5-6-20-18(24-20)17(23-19(20)21)8-12(3)7-15-9-13(4)16(10-14)22-15/h7,9,14,17-18H,1,5-6,8,10H2,2-4H3/b12-7-/t14-,17+,18+,20+/m0/s1. The van der Waals surface area contributed by atoms with E-state index in [0.717, 1.165) is 35.5 Å². The van der Waals surface area contributed by atoms with Crippen molar-refractivity contribution in [1.82, 2.24) is 0 Å². The molecule has 0 radical (unpaired) electrons. The summed E-state index contributed by atoms with van der Waals surface area (Å²) in [5, 5.41) is 0. The lowest BCUT2D eigenvalue weighted by molar-refractivity contribution is -0.154. The van der Waals surface area contributed by atoms with Gasteiger partial charge in [0.05, 0.1) is 0 Å². The molecule has 3 aliphatic rings. The van der Waals surface area contributed by atoms with Crippen LogP contribution in [-0.4, -0.2) is 23.8 Å². The van der Waals surface area contributed by atoms with Crippen molar-refractivity contribution >= 4 is 12.0 Å². The lowest BCUT2D eigenvalue weighted by Crippen LogP contribution is -2.24. The minimum atomic E-state index is -0.699. The maximum atomic E-state index is 12.3. The van der Waals surface area contributed by atoms with Gasteiger partial charge in [0, 0.05) is 12.8 Å². The zero-order valence-electron chi connectivity index (χ0n) is 14.6. The molecule has 0 aliphatic carbocycles. The maximum absolute atomic E-state index is 12.3. The number of rotatable bonds is 1. The van der Waals surface area contributed by atoms with E-state index < -0.39 is 5.60 Å². The highest BCUT2D eigenvalue weighted by Gasteiger charge is 2.72. The number of epoxide rings is 1. The molecule has 24 heavy (non-hydrogen) atoms. The predicted octanol–water partition coefficient (Wildman–Crippen LogP) is 3.97. The Bertz CT molecular complexity index is 741. The molecule has 0 saturated carbocycles. The Balaban J connectivity index is 1.70. The van der Waals surface area contributed by atoms with Gasteiger partial charge in [-0.2, -0.15) is 0 Å². The molecule has 0 amide bonds. The van der Waals surface area contributed by atoms with Gasteiger partial charge < -0.3 is 13.9 Å². The van der Waals surface area contributed by atoms with Crippen molar-refractivity contribution in [3.8, 4) is 0 Å². The third-order valence-electron chi connectivity index (χ3n) is 5.63. The number of ether oxygens (including phenoxy) is 2. The lowest BCUT2D eigenvalue weighted by Gasteiger charge is -2.18. The third kappa shape index (κ3) is 2.44. The van der Waals surface area contributed by atoms with E-state index in [1.54, 1.807) is 0 Å². The molecule has 4 bridgehead atoms. The molecule has 1 aromatic heterocycles. The first-order chi connectivity index (χ1) is 11.4. The number of hydrogen-bond donors (Lipinski definition) is 0. The van der Waals surface area contributed by atoms with Crippen LogP contribution in [0.4, 0.5) is 0 Å². The summed E-state index contributed by atoms with van der Waals surface area (Å²) in [4.78, 5) is 12.3. The van der Waals surface area contributed by atoms with Gasteiger partial charge in [-0.15, -0.1) is 0 Å². The molecule has 4 atom stereocenters. The van der Waals surface area contributed by atoms with Crippen molar-refractivity contribution < 1.29 is 18.7 Å². The highest BCUT2D eigenvalue weighted by Crippen LogP contribution is 2.52. The molecule has 128 valence electrons. The Hall–Kier alpha value is -1.81. The van der Waals surface area contributed by atoms with Crippen molar-refractivity contribution in [1.29, 1.82) is 0 Å². The number of esters is 1. The van der Waals surface area contributed by atoms with Crippen LogP contribution >= 0.6 is 0 Å². The first-order valence-electron chi connectivity index (χ1n) is 8.70. The normalized spacial score (nSPS) is 37.2. The fourth-order valence-corrected chi connectivity index (χ4v) is 4.06. The van der Waals surface area contributed by atoms with Gasteiger partial charge in [0.15, 0.2) is 5.60 Å². The third-order valence-corrected chi connectivity index (χ3v) is 5.63. The molecule has 2 fully saturated rings. The van der Waals surface area contributed by atoms with Crippen LogP contribution in [0.1, 0.15) is 50.2 Å². The average molecular weight is 328 g/mol. The summed E-state index contributed by atoms with van der Waals surface area (Å²) >= 11 is 0. The molecule has 0 aromatic carbocycles. The minimum absolute atomic E-state index is 0.0899. The number of allylic oxidation sites excluding steroid dienone is 1. The number of furan rings is 1.